The highest BCUT2D eigenvalue weighted by Gasteiger charge is 2.30. The Labute approximate surface area is 112 Å². The number of rotatable bonds is 2. The highest BCUT2D eigenvalue weighted by molar-refractivity contribution is 7.80. The molecular weight excluding hydrogens is 249 g/mol. The van der Waals surface area contributed by atoms with Gasteiger partial charge in [-0.2, -0.15) is 0 Å². The van der Waals surface area contributed by atoms with Gasteiger partial charge >= 0.3 is 0 Å². The molecule has 0 bridgehead atoms. The van der Waals surface area contributed by atoms with Gasteiger partial charge in [-0.25, -0.2) is 4.39 Å². The van der Waals surface area contributed by atoms with Gasteiger partial charge in [-0.05, 0) is 42.9 Å². The number of thiol groups is 1. The molecule has 0 aromatic heterocycles. The van der Waals surface area contributed by atoms with Crippen molar-refractivity contribution < 1.29 is 9.18 Å². The molecule has 1 aliphatic carbocycles. The molecule has 1 fully saturated rings. The maximum absolute atomic E-state index is 13.1. The summed E-state index contributed by atoms with van der Waals surface area (Å²) in [6.07, 6.45) is 2.16. The van der Waals surface area contributed by atoms with Gasteiger partial charge in [0, 0.05) is 16.5 Å². The normalized spacial score (nSPS) is 27.2. The Balaban J connectivity index is 2.06. The fourth-order valence-electron chi connectivity index (χ4n) is 2.47. The summed E-state index contributed by atoms with van der Waals surface area (Å²) in [5.74, 6) is 0.586. The van der Waals surface area contributed by atoms with Crippen molar-refractivity contribution in [1.82, 2.24) is 5.32 Å². The van der Waals surface area contributed by atoms with Gasteiger partial charge in [0.05, 0.1) is 0 Å². The zero-order chi connectivity index (χ0) is 13.3. The van der Waals surface area contributed by atoms with Gasteiger partial charge in [0.25, 0.3) is 5.91 Å². The van der Waals surface area contributed by atoms with Crippen LogP contribution in [-0.4, -0.2) is 11.9 Å². The fourth-order valence-corrected chi connectivity index (χ4v) is 2.69. The van der Waals surface area contributed by atoms with Gasteiger partial charge in [-0.15, -0.1) is 12.6 Å². The molecule has 0 heterocycles. The van der Waals surface area contributed by atoms with Crippen LogP contribution in [0.5, 0.6) is 0 Å². The summed E-state index contributed by atoms with van der Waals surface area (Å²) in [4.78, 5) is 12.3. The Morgan fingerprint density at radius 2 is 2.11 bits per heavy atom. The molecule has 1 amide bonds. The van der Waals surface area contributed by atoms with Crippen LogP contribution in [0.2, 0.25) is 0 Å². The Hall–Kier alpha value is -1.03. The van der Waals surface area contributed by atoms with Crippen LogP contribution in [0.3, 0.4) is 0 Å². The molecule has 0 spiro atoms. The Kier molecular flexibility index (Phi) is 3.95. The monoisotopic (exact) mass is 267 g/mol. The molecule has 4 heteroatoms. The van der Waals surface area contributed by atoms with E-state index in [2.05, 4.69) is 31.8 Å². The van der Waals surface area contributed by atoms with Crippen molar-refractivity contribution in [3.05, 3.63) is 29.6 Å². The van der Waals surface area contributed by atoms with E-state index < -0.39 is 5.82 Å². The number of carbonyl (C=O) groups is 1. The van der Waals surface area contributed by atoms with E-state index in [0.29, 0.717) is 17.4 Å². The number of nitrogens with one attached hydrogen (secondary N) is 1. The lowest BCUT2D eigenvalue weighted by atomic mass is 9.97. The molecule has 0 radical (unpaired) electrons. The summed E-state index contributed by atoms with van der Waals surface area (Å²) in [7, 11) is 0. The fraction of sp³-hybridized carbons (Fsp3) is 0.500. The number of carbonyl (C=O) groups excluding carboxylic acids is 1. The summed E-state index contributed by atoms with van der Waals surface area (Å²) in [5, 5.41) is 3.03. The second kappa shape index (κ2) is 5.31. The molecule has 1 aliphatic rings. The molecule has 1 N–H and O–H groups in total. The highest BCUT2D eigenvalue weighted by atomic mass is 32.1. The Morgan fingerprint density at radius 3 is 2.67 bits per heavy atom. The molecule has 0 aliphatic heterocycles. The minimum absolute atomic E-state index is 0.142. The van der Waals surface area contributed by atoms with E-state index in [0.717, 1.165) is 12.8 Å². The minimum Gasteiger partial charge on any atom is -0.349 e. The topological polar surface area (TPSA) is 29.1 Å². The first-order valence-corrected chi connectivity index (χ1v) is 6.73. The third-order valence-electron chi connectivity index (χ3n) is 3.99. The van der Waals surface area contributed by atoms with Gasteiger partial charge < -0.3 is 5.32 Å². The first kappa shape index (κ1) is 13.4. The molecule has 3 atom stereocenters. The van der Waals surface area contributed by atoms with Crippen LogP contribution in [0, 0.1) is 17.7 Å². The van der Waals surface area contributed by atoms with Gasteiger partial charge in [0.2, 0.25) is 0 Å². The Morgan fingerprint density at radius 1 is 1.39 bits per heavy atom. The largest absolute Gasteiger partial charge is 0.349 e. The summed E-state index contributed by atoms with van der Waals surface area (Å²) in [6.45, 7) is 4.37. The van der Waals surface area contributed by atoms with Crippen molar-refractivity contribution in [3.8, 4) is 0 Å². The average molecular weight is 267 g/mol. The lowest BCUT2D eigenvalue weighted by molar-refractivity contribution is 0.0927. The van der Waals surface area contributed by atoms with Crippen molar-refractivity contribution >= 4 is 18.5 Å². The second-order valence-corrected chi connectivity index (χ2v) is 5.64. The lowest BCUT2D eigenvalue weighted by Crippen LogP contribution is -2.37. The van der Waals surface area contributed by atoms with Crippen molar-refractivity contribution in [2.75, 3.05) is 0 Å². The molecule has 1 aromatic carbocycles. The number of hydrogen-bond donors (Lipinski definition) is 2. The van der Waals surface area contributed by atoms with E-state index in [1.165, 1.54) is 18.2 Å². The van der Waals surface area contributed by atoms with E-state index in [4.69, 9.17) is 0 Å². The lowest BCUT2D eigenvalue weighted by Gasteiger charge is -2.19. The highest BCUT2D eigenvalue weighted by Crippen LogP contribution is 2.31. The molecule has 98 valence electrons. The standard InChI is InChI=1S/C14H18FNOS/c1-8-3-6-12(9(8)2)16-14(17)10-4-5-11(15)13(18)7-10/h4-5,7-9,12,18H,3,6H2,1-2H3,(H,16,17). The van der Waals surface area contributed by atoms with Crippen LogP contribution >= 0.6 is 12.6 Å². The second-order valence-electron chi connectivity index (χ2n) is 5.16. The van der Waals surface area contributed by atoms with Crippen molar-refractivity contribution in [2.24, 2.45) is 11.8 Å². The molecule has 1 aromatic rings. The quantitative estimate of drug-likeness (QED) is 0.791. The van der Waals surface area contributed by atoms with Crippen molar-refractivity contribution in [3.63, 3.8) is 0 Å². The molecule has 18 heavy (non-hydrogen) atoms. The molecule has 1 saturated carbocycles. The summed E-state index contributed by atoms with van der Waals surface area (Å²) >= 11 is 3.99. The van der Waals surface area contributed by atoms with E-state index >= 15 is 0 Å². The smallest absolute Gasteiger partial charge is 0.251 e. The van der Waals surface area contributed by atoms with Crippen LogP contribution in [0.4, 0.5) is 4.39 Å². The third-order valence-corrected chi connectivity index (χ3v) is 4.33. The first-order valence-electron chi connectivity index (χ1n) is 6.28. The number of hydrogen-bond acceptors (Lipinski definition) is 2. The van der Waals surface area contributed by atoms with E-state index in [-0.39, 0.29) is 16.8 Å². The van der Waals surface area contributed by atoms with Crippen LogP contribution in [0.25, 0.3) is 0 Å². The zero-order valence-electron chi connectivity index (χ0n) is 10.6. The van der Waals surface area contributed by atoms with Crippen LogP contribution in [0.15, 0.2) is 23.1 Å². The van der Waals surface area contributed by atoms with Crippen molar-refractivity contribution in [1.29, 1.82) is 0 Å². The number of amides is 1. The van der Waals surface area contributed by atoms with E-state index in [9.17, 15) is 9.18 Å². The predicted molar refractivity (Wildman–Crippen MR) is 72.5 cm³/mol. The van der Waals surface area contributed by atoms with Gasteiger partial charge in [0.15, 0.2) is 0 Å². The van der Waals surface area contributed by atoms with Gasteiger partial charge in [0.1, 0.15) is 5.82 Å². The summed E-state index contributed by atoms with van der Waals surface area (Å²) in [6, 6.07) is 4.46. The predicted octanol–water partition coefficient (Wildman–Crippen LogP) is 3.28. The minimum atomic E-state index is -0.405. The molecule has 0 saturated heterocycles. The molecule has 2 rings (SSSR count). The summed E-state index contributed by atoms with van der Waals surface area (Å²) in [5.41, 5.74) is 0.466. The maximum Gasteiger partial charge on any atom is 0.251 e. The maximum atomic E-state index is 13.1. The average Bonchev–Trinajstić information content (AvgIpc) is 2.64. The molecular formula is C14H18FNOS. The summed E-state index contributed by atoms with van der Waals surface area (Å²) < 4.78 is 13.1. The van der Waals surface area contributed by atoms with E-state index in [1.807, 2.05) is 0 Å². The van der Waals surface area contributed by atoms with Crippen LogP contribution < -0.4 is 5.32 Å². The zero-order valence-corrected chi connectivity index (χ0v) is 11.5. The number of benzene rings is 1. The number of halogens is 1. The van der Waals surface area contributed by atoms with Crippen LogP contribution in [-0.2, 0) is 0 Å². The SMILES string of the molecule is CC1CCC(NC(=O)c2ccc(F)c(S)c2)C1C. The molecule has 2 nitrogen and oxygen atoms in total. The van der Waals surface area contributed by atoms with Crippen molar-refractivity contribution in [2.45, 2.75) is 37.6 Å². The Bertz CT molecular complexity index is 463. The molecule has 3 unspecified atom stereocenters. The van der Waals surface area contributed by atoms with Gasteiger partial charge in [-0.1, -0.05) is 13.8 Å². The van der Waals surface area contributed by atoms with Gasteiger partial charge in [-0.3, -0.25) is 4.79 Å². The van der Waals surface area contributed by atoms with Crippen LogP contribution in [0.1, 0.15) is 37.0 Å². The van der Waals surface area contributed by atoms with E-state index in [1.54, 1.807) is 0 Å². The third kappa shape index (κ3) is 2.69. The first-order chi connectivity index (χ1) is 8.49.